The van der Waals surface area contributed by atoms with Crippen molar-refractivity contribution in [3.05, 3.63) is 0 Å². The molecule has 16 heavy (non-hydrogen) atoms. The van der Waals surface area contributed by atoms with Gasteiger partial charge in [0.15, 0.2) is 0 Å². The van der Waals surface area contributed by atoms with E-state index in [1.54, 1.807) is 5.48 Å². The fraction of sp³-hybridized carbons (Fsp3) is 0.875. The molecular formula is C8H15NO6S. The molecule has 1 fully saturated rings. The van der Waals surface area contributed by atoms with Gasteiger partial charge in [-0.25, -0.2) is 4.79 Å². The summed E-state index contributed by atoms with van der Waals surface area (Å²) in [6.07, 6.45) is 2.64. The summed E-state index contributed by atoms with van der Waals surface area (Å²) in [7, 11) is -3.71. The molecule has 1 atom stereocenters. The highest BCUT2D eigenvalue weighted by Crippen LogP contribution is 2.12. The second kappa shape index (κ2) is 6.02. The second-order valence-corrected chi connectivity index (χ2v) is 5.05. The van der Waals surface area contributed by atoms with E-state index in [1.807, 2.05) is 0 Å². The molecule has 0 aromatic rings. The van der Waals surface area contributed by atoms with Gasteiger partial charge in [0.05, 0.1) is 12.4 Å². The Balaban J connectivity index is 2.14. The molecule has 94 valence electrons. The van der Waals surface area contributed by atoms with Crippen LogP contribution in [0, 0.1) is 0 Å². The van der Waals surface area contributed by atoms with Gasteiger partial charge in [-0.2, -0.15) is 13.9 Å². The molecule has 1 saturated heterocycles. The lowest BCUT2D eigenvalue weighted by molar-refractivity contribution is -0.0262. The van der Waals surface area contributed by atoms with E-state index in [-0.39, 0.29) is 12.7 Å². The standard InChI is InChI=1S/C8H15NO6S/c1-16(11,12)15-9-8(10)14-6-7-4-2-3-5-13-7/h7H,2-6H2,1H3,(H,9,10). The first kappa shape index (κ1) is 13.2. The topological polar surface area (TPSA) is 90.9 Å². The normalized spacial score (nSPS) is 21.4. The molecule has 0 bridgehead atoms. The van der Waals surface area contributed by atoms with Crippen LogP contribution in [0.15, 0.2) is 0 Å². The predicted molar refractivity (Wildman–Crippen MR) is 54.0 cm³/mol. The first-order chi connectivity index (χ1) is 7.47. The number of hydroxylamine groups is 1. The third kappa shape index (κ3) is 5.89. The van der Waals surface area contributed by atoms with Crippen LogP contribution < -0.4 is 5.48 Å². The number of hydrogen-bond donors (Lipinski definition) is 1. The summed E-state index contributed by atoms with van der Waals surface area (Å²) in [6.45, 7) is 0.758. The van der Waals surface area contributed by atoms with E-state index >= 15 is 0 Å². The lowest BCUT2D eigenvalue weighted by Crippen LogP contribution is -2.32. The average molecular weight is 253 g/mol. The third-order valence-electron chi connectivity index (χ3n) is 1.95. The first-order valence-corrected chi connectivity index (χ1v) is 6.72. The molecule has 1 unspecified atom stereocenters. The molecule has 0 saturated carbocycles. The van der Waals surface area contributed by atoms with Gasteiger partial charge in [0.25, 0.3) is 10.1 Å². The van der Waals surface area contributed by atoms with Gasteiger partial charge in [-0.1, -0.05) is 0 Å². The number of amides is 1. The number of carbonyl (C=O) groups excluding carboxylic acids is 1. The van der Waals surface area contributed by atoms with Crippen molar-refractivity contribution in [3.8, 4) is 0 Å². The Labute approximate surface area is 94.1 Å². The monoisotopic (exact) mass is 253 g/mol. The maximum absolute atomic E-state index is 11.0. The van der Waals surface area contributed by atoms with Crippen molar-refractivity contribution < 1.29 is 27.0 Å². The van der Waals surface area contributed by atoms with Gasteiger partial charge >= 0.3 is 6.09 Å². The molecule has 1 aliphatic heterocycles. The third-order valence-corrected chi connectivity index (χ3v) is 2.34. The molecule has 1 heterocycles. The maximum atomic E-state index is 11.0. The number of ether oxygens (including phenoxy) is 2. The molecular weight excluding hydrogens is 238 g/mol. The summed E-state index contributed by atoms with van der Waals surface area (Å²) < 4.78 is 35.1. The van der Waals surface area contributed by atoms with Crippen LogP contribution in [0.2, 0.25) is 0 Å². The van der Waals surface area contributed by atoms with Gasteiger partial charge in [-0.3, -0.25) is 0 Å². The lowest BCUT2D eigenvalue weighted by Gasteiger charge is -2.21. The molecule has 0 spiro atoms. The quantitative estimate of drug-likeness (QED) is 0.718. The van der Waals surface area contributed by atoms with E-state index in [9.17, 15) is 13.2 Å². The molecule has 7 nitrogen and oxygen atoms in total. The predicted octanol–water partition coefficient (Wildman–Crippen LogP) is 0.173. The van der Waals surface area contributed by atoms with Crippen LogP contribution in [-0.4, -0.2) is 40.1 Å². The van der Waals surface area contributed by atoms with Crippen molar-refractivity contribution in [3.63, 3.8) is 0 Å². The molecule has 1 rings (SSSR count). The second-order valence-electron chi connectivity index (χ2n) is 3.48. The van der Waals surface area contributed by atoms with E-state index in [1.165, 1.54) is 0 Å². The average Bonchev–Trinajstić information content (AvgIpc) is 2.24. The molecule has 1 N–H and O–H groups in total. The molecule has 0 aromatic carbocycles. The molecule has 8 heteroatoms. The van der Waals surface area contributed by atoms with Crippen LogP contribution in [0.3, 0.4) is 0 Å². The number of hydrogen-bond acceptors (Lipinski definition) is 6. The number of carbonyl (C=O) groups is 1. The van der Waals surface area contributed by atoms with Crippen molar-refractivity contribution in [2.45, 2.75) is 25.4 Å². The van der Waals surface area contributed by atoms with E-state index in [4.69, 9.17) is 9.47 Å². The SMILES string of the molecule is CS(=O)(=O)ONC(=O)OCC1CCCCO1. The molecule has 0 radical (unpaired) electrons. The first-order valence-electron chi connectivity index (χ1n) is 4.90. The van der Waals surface area contributed by atoms with Crippen molar-refractivity contribution in [2.24, 2.45) is 0 Å². The minimum atomic E-state index is -3.71. The van der Waals surface area contributed by atoms with Crippen molar-refractivity contribution in [1.82, 2.24) is 5.48 Å². The zero-order valence-corrected chi connectivity index (χ0v) is 9.79. The van der Waals surface area contributed by atoms with Crippen LogP contribution in [0.1, 0.15) is 19.3 Å². The Bertz CT molecular complexity index is 321. The van der Waals surface area contributed by atoms with Crippen LogP contribution in [-0.2, 0) is 23.9 Å². The zero-order chi connectivity index (χ0) is 12.0. The molecule has 0 aliphatic carbocycles. The summed E-state index contributed by atoms with van der Waals surface area (Å²) in [5.74, 6) is 0. The van der Waals surface area contributed by atoms with E-state index in [2.05, 4.69) is 4.28 Å². The fourth-order valence-electron chi connectivity index (χ4n) is 1.25. The fourth-order valence-corrected chi connectivity index (χ4v) is 1.47. The largest absolute Gasteiger partial charge is 0.445 e. The van der Waals surface area contributed by atoms with Crippen LogP contribution >= 0.6 is 0 Å². The minimum Gasteiger partial charge on any atom is -0.445 e. The summed E-state index contributed by atoms with van der Waals surface area (Å²) in [6, 6.07) is 0. The van der Waals surface area contributed by atoms with Gasteiger partial charge in [0.1, 0.15) is 6.61 Å². The molecule has 0 aromatic heterocycles. The Kier molecular flexibility index (Phi) is 4.97. The van der Waals surface area contributed by atoms with Crippen molar-refractivity contribution in [1.29, 1.82) is 0 Å². The van der Waals surface area contributed by atoms with Crippen LogP contribution in [0.4, 0.5) is 4.79 Å². The molecule has 1 aliphatic rings. The Morgan fingerprint density at radius 2 is 2.25 bits per heavy atom. The summed E-state index contributed by atoms with van der Waals surface area (Å²) in [5, 5.41) is 0. The van der Waals surface area contributed by atoms with Gasteiger partial charge < -0.3 is 9.47 Å². The number of rotatable bonds is 4. The van der Waals surface area contributed by atoms with Crippen LogP contribution in [0.5, 0.6) is 0 Å². The van der Waals surface area contributed by atoms with Gasteiger partial charge in [0.2, 0.25) is 0 Å². The molecule has 1 amide bonds. The summed E-state index contributed by atoms with van der Waals surface area (Å²) in [5.41, 5.74) is 1.66. The van der Waals surface area contributed by atoms with E-state index < -0.39 is 16.2 Å². The lowest BCUT2D eigenvalue weighted by atomic mass is 10.1. The highest BCUT2D eigenvalue weighted by atomic mass is 32.2. The highest BCUT2D eigenvalue weighted by Gasteiger charge is 2.16. The Morgan fingerprint density at radius 3 is 2.81 bits per heavy atom. The minimum absolute atomic E-state index is 0.0962. The van der Waals surface area contributed by atoms with Crippen molar-refractivity contribution >= 4 is 16.2 Å². The van der Waals surface area contributed by atoms with Crippen molar-refractivity contribution in [2.75, 3.05) is 19.5 Å². The van der Waals surface area contributed by atoms with Gasteiger partial charge in [-0.05, 0) is 19.3 Å². The number of nitrogens with one attached hydrogen (secondary N) is 1. The Morgan fingerprint density at radius 1 is 1.50 bits per heavy atom. The zero-order valence-electron chi connectivity index (χ0n) is 8.97. The van der Waals surface area contributed by atoms with E-state index in [0.717, 1.165) is 25.5 Å². The highest BCUT2D eigenvalue weighted by molar-refractivity contribution is 7.85. The Hall–Kier alpha value is -0.860. The van der Waals surface area contributed by atoms with Gasteiger partial charge in [0, 0.05) is 6.61 Å². The van der Waals surface area contributed by atoms with Gasteiger partial charge in [-0.15, -0.1) is 4.28 Å². The van der Waals surface area contributed by atoms with Crippen LogP contribution in [0.25, 0.3) is 0 Å². The summed E-state index contributed by atoms with van der Waals surface area (Å²) in [4.78, 5) is 11.0. The smallest absolute Gasteiger partial charge is 0.432 e. The maximum Gasteiger partial charge on any atom is 0.432 e. The summed E-state index contributed by atoms with van der Waals surface area (Å²) >= 11 is 0. The van der Waals surface area contributed by atoms with E-state index in [0.29, 0.717) is 6.61 Å².